The van der Waals surface area contributed by atoms with Gasteiger partial charge < -0.3 is 9.67 Å². The molecule has 1 heterocycles. The summed E-state index contributed by atoms with van der Waals surface area (Å²) in [7, 11) is 0. The van der Waals surface area contributed by atoms with Crippen LogP contribution in [0.5, 0.6) is 0 Å². The Bertz CT molecular complexity index is 1310. The predicted molar refractivity (Wildman–Crippen MR) is 125 cm³/mol. The number of rotatable bonds is 5. The summed E-state index contributed by atoms with van der Waals surface area (Å²) in [6.07, 6.45) is 0. The molecule has 5 aromatic rings. The van der Waals surface area contributed by atoms with Crippen molar-refractivity contribution in [1.29, 1.82) is 0 Å². The smallest absolute Gasteiger partial charge is 0.173 e. The molecule has 3 heteroatoms. The second kappa shape index (κ2) is 7.86. The summed E-state index contributed by atoms with van der Waals surface area (Å²) >= 11 is 0. The van der Waals surface area contributed by atoms with Crippen LogP contribution in [0.4, 0.5) is 0 Å². The van der Waals surface area contributed by atoms with Crippen LogP contribution in [0.1, 0.15) is 28.1 Å². The summed E-state index contributed by atoms with van der Waals surface area (Å²) < 4.78 is 2.14. The van der Waals surface area contributed by atoms with Crippen LogP contribution >= 0.6 is 0 Å². The minimum absolute atomic E-state index is 0.618. The van der Waals surface area contributed by atoms with Crippen molar-refractivity contribution in [3.63, 3.8) is 0 Å². The number of aryl methyl sites for hydroxylation is 1. The zero-order valence-electron chi connectivity index (χ0n) is 17.4. The third kappa shape index (κ3) is 3.43. The van der Waals surface area contributed by atoms with Gasteiger partial charge in [-0.3, -0.25) is 0 Å². The summed E-state index contributed by atoms with van der Waals surface area (Å²) in [6, 6.07) is 36.2. The number of aliphatic hydroxyl groups is 1. The van der Waals surface area contributed by atoms with E-state index in [-0.39, 0.29) is 0 Å². The molecule has 0 bridgehead atoms. The molecule has 0 radical (unpaired) electrons. The molecule has 5 rings (SSSR count). The minimum Gasteiger partial charge on any atom is -0.373 e. The first kappa shape index (κ1) is 19.3. The normalized spacial score (nSPS) is 13.2. The largest absolute Gasteiger partial charge is 0.373 e. The lowest BCUT2D eigenvalue weighted by Gasteiger charge is -2.30. The second-order valence-corrected chi connectivity index (χ2v) is 7.94. The molecule has 31 heavy (non-hydrogen) atoms. The van der Waals surface area contributed by atoms with E-state index in [4.69, 9.17) is 4.98 Å². The van der Waals surface area contributed by atoms with Crippen LogP contribution in [0.15, 0.2) is 109 Å². The highest BCUT2D eigenvalue weighted by Gasteiger charge is 2.39. The summed E-state index contributed by atoms with van der Waals surface area (Å²) in [5.74, 6) is 0.618. The van der Waals surface area contributed by atoms with Gasteiger partial charge in [0.05, 0.1) is 11.0 Å². The van der Waals surface area contributed by atoms with E-state index in [9.17, 15) is 5.11 Å². The van der Waals surface area contributed by atoms with E-state index in [1.807, 2.05) is 91.0 Å². The van der Waals surface area contributed by atoms with Crippen LogP contribution in [-0.2, 0) is 12.1 Å². The molecule has 1 unspecified atom stereocenters. The Morgan fingerprint density at radius 1 is 0.710 bits per heavy atom. The fraction of sp³-hybridized carbons (Fsp3) is 0.107. The first-order valence-corrected chi connectivity index (χ1v) is 10.5. The van der Waals surface area contributed by atoms with Gasteiger partial charge in [0.1, 0.15) is 0 Å². The molecule has 4 aromatic carbocycles. The highest BCUT2D eigenvalue weighted by Crippen LogP contribution is 2.38. The van der Waals surface area contributed by atoms with Crippen molar-refractivity contribution >= 4 is 11.0 Å². The topological polar surface area (TPSA) is 38.1 Å². The van der Waals surface area contributed by atoms with Gasteiger partial charge in [0.2, 0.25) is 0 Å². The zero-order valence-corrected chi connectivity index (χ0v) is 17.4. The van der Waals surface area contributed by atoms with Crippen LogP contribution in [0.25, 0.3) is 11.0 Å². The molecule has 0 aliphatic rings. The first-order valence-electron chi connectivity index (χ1n) is 10.5. The number of para-hydroxylation sites is 2. The Balaban J connectivity index is 1.79. The van der Waals surface area contributed by atoms with Crippen LogP contribution < -0.4 is 0 Å². The highest BCUT2D eigenvalue weighted by atomic mass is 16.3. The molecular formula is C28H24N2O. The average molecular weight is 405 g/mol. The van der Waals surface area contributed by atoms with Crippen molar-refractivity contribution in [1.82, 2.24) is 9.55 Å². The van der Waals surface area contributed by atoms with Gasteiger partial charge in [-0.15, -0.1) is 0 Å². The number of nitrogens with zero attached hydrogens (tertiary/aromatic N) is 2. The van der Waals surface area contributed by atoms with E-state index in [0.717, 1.165) is 33.3 Å². The third-order valence-corrected chi connectivity index (χ3v) is 5.82. The van der Waals surface area contributed by atoms with E-state index in [1.54, 1.807) is 0 Å². The van der Waals surface area contributed by atoms with Crippen molar-refractivity contribution < 1.29 is 5.11 Å². The van der Waals surface area contributed by atoms with Crippen molar-refractivity contribution in [2.24, 2.45) is 0 Å². The van der Waals surface area contributed by atoms with E-state index < -0.39 is 5.60 Å². The summed E-state index contributed by atoms with van der Waals surface area (Å²) in [6.45, 7) is 2.67. The standard InChI is InChI=1S/C28H24N2O/c1-21-16-18-24(19-17-21)28(31,23-12-6-3-7-13-23)27-29-25-14-8-9-15-26(25)30(27)20-22-10-4-2-5-11-22/h2-19,31H,20H2,1H3. The number of benzene rings is 4. The van der Waals surface area contributed by atoms with Gasteiger partial charge in [-0.05, 0) is 35.7 Å². The summed E-state index contributed by atoms with van der Waals surface area (Å²) in [5.41, 5.74) is 4.39. The first-order chi connectivity index (χ1) is 15.2. The van der Waals surface area contributed by atoms with Crippen LogP contribution in [0, 0.1) is 6.92 Å². The molecule has 0 saturated carbocycles. The molecule has 0 aliphatic carbocycles. The minimum atomic E-state index is -1.39. The lowest BCUT2D eigenvalue weighted by atomic mass is 9.85. The number of hydrogen-bond acceptors (Lipinski definition) is 2. The molecule has 1 aromatic heterocycles. The molecule has 1 atom stereocenters. The van der Waals surface area contributed by atoms with Crippen LogP contribution in [0.3, 0.4) is 0 Å². The lowest BCUT2D eigenvalue weighted by Crippen LogP contribution is -2.33. The Hall–Kier alpha value is -3.69. The number of imidazole rings is 1. The molecule has 3 nitrogen and oxygen atoms in total. The second-order valence-electron chi connectivity index (χ2n) is 7.94. The molecular weight excluding hydrogens is 380 g/mol. The van der Waals surface area contributed by atoms with E-state index in [0.29, 0.717) is 12.4 Å². The Kier molecular flexibility index (Phi) is 4.89. The van der Waals surface area contributed by atoms with E-state index >= 15 is 0 Å². The molecule has 152 valence electrons. The average Bonchev–Trinajstić information content (AvgIpc) is 3.19. The van der Waals surface area contributed by atoms with Gasteiger partial charge in [0, 0.05) is 6.54 Å². The van der Waals surface area contributed by atoms with Crippen molar-refractivity contribution in [3.8, 4) is 0 Å². The Morgan fingerprint density at radius 3 is 2.00 bits per heavy atom. The number of aromatic nitrogens is 2. The maximum Gasteiger partial charge on any atom is 0.173 e. The fourth-order valence-electron chi connectivity index (χ4n) is 4.18. The van der Waals surface area contributed by atoms with Crippen molar-refractivity contribution in [3.05, 3.63) is 137 Å². The quantitative estimate of drug-likeness (QED) is 0.409. The fourth-order valence-corrected chi connectivity index (χ4v) is 4.18. The summed E-state index contributed by atoms with van der Waals surface area (Å²) in [5, 5.41) is 12.4. The Labute approximate surface area is 182 Å². The third-order valence-electron chi connectivity index (χ3n) is 5.82. The van der Waals surface area contributed by atoms with Crippen LogP contribution in [0.2, 0.25) is 0 Å². The molecule has 0 spiro atoms. The van der Waals surface area contributed by atoms with Crippen molar-refractivity contribution in [2.75, 3.05) is 0 Å². The maximum atomic E-state index is 12.4. The van der Waals surface area contributed by atoms with Gasteiger partial charge in [0.15, 0.2) is 11.4 Å². The molecule has 0 saturated heterocycles. The molecule has 0 amide bonds. The van der Waals surface area contributed by atoms with Gasteiger partial charge in [-0.2, -0.15) is 0 Å². The monoisotopic (exact) mass is 404 g/mol. The maximum absolute atomic E-state index is 12.4. The van der Waals surface area contributed by atoms with Gasteiger partial charge in [-0.1, -0.05) is 103 Å². The Morgan fingerprint density at radius 2 is 1.29 bits per heavy atom. The van der Waals surface area contributed by atoms with Crippen LogP contribution in [-0.4, -0.2) is 14.7 Å². The van der Waals surface area contributed by atoms with Gasteiger partial charge >= 0.3 is 0 Å². The van der Waals surface area contributed by atoms with Gasteiger partial charge in [-0.25, -0.2) is 4.98 Å². The van der Waals surface area contributed by atoms with Crippen molar-refractivity contribution in [2.45, 2.75) is 19.1 Å². The van der Waals surface area contributed by atoms with E-state index in [1.165, 1.54) is 0 Å². The molecule has 1 N–H and O–H groups in total. The SMILES string of the molecule is Cc1ccc(C(O)(c2ccccc2)c2nc3ccccc3n2Cc2ccccc2)cc1. The van der Waals surface area contributed by atoms with Gasteiger partial charge in [0.25, 0.3) is 0 Å². The lowest BCUT2D eigenvalue weighted by molar-refractivity contribution is 0.112. The number of hydrogen-bond donors (Lipinski definition) is 1. The molecule has 0 fully saturated rings. The van der Waals surface area contributed by atoms with E-state index in [2.05, 4.69) is 29.7 Å². The molecule has 0 aliphatic heterocycles. The summed E-state index contributed by atoms with van der Waals surface area (Å²) in [4.78, 5) is 4.97. The number of fused-ring (bicyclic) bond motifs is 1. The predicted octanol–water partition coefficient (Wildman–Crippen LogP) is 5.68. The highest BCUT2D eigenvalue weighted by molar-refractivity contribution is 5.77. The zero-order chi connectivity index (χ0) is 21.3.